The normalized spacial score (nSPS) is 12.1. The van der Waals surface area contributed by atoms with Crippen LogP contribution < -0.4 is 5.32 Å². The molecule has 2 N–H and O–H groups in total. The maximum Gasteiger partial charge on any atom is 0.186 e. The average Bonchev–Trinajstić information content (AvgIpc) is 3.16. The molecule has 4 heteroatoms. The largest absolute Gasteiger partial charge is 0.360 e. The molecule has 2 aromatic heterocycles. The van der Waals surface area contributed by atoms with Crippen molar-refractivity contribution in [3.8, 4) is 0 Å². The summed E-state index contributed by atoms with van der Waals surface area (Å²) in [6, 6.07) is 21.4. The third-order valence-electron chi connectivity index (χ3n) is 4.76. The van der Waals surface area contributed by atoms with E-state index in [1.807, 2.05) is 72.9 Å². The molecule has 0 aliphatic rings. The van der Waals surface area contributed by atoms with Gasteiger partial charge in [0.25, 0.3) is 0 Å². The molecule has 1 atom stereocenters. The molecule has 134 valence electrons. The standard InChI is InChI=1S/C23H21N3O/c27-23(20-16-26-21-9-5-4-8-19(20)21)22(18-6-2-1-3-7-18)25-15-12-17-10-13-24-14-11-17/h1-11,13-14,16,22,25-26H,12,15H2/t22-/m0/s1. The highest BCUT2D eigenvalue weighted by Crippen LogP contribution is 2.24. The van der Waals surface area contributed by atoms with Crippen LogP contribution in [-0.2, 0) is 6.42 Å². The Labute approximate surface area is 158 Å². The molecule has 0 saturated carbocycles. The summed E-state index contributed by atoms with van der Waals surface area (Å²) in [5.74, 6) is 0.0772. The van der Waals surface area contributed by atoms with Crippen molar-refractivity contribution in [3.05, 3.63) is 102 Å². The maximum absolute atomic E-state index is 13.4. The molecule has 0 fully saturated rings. The zero-order valence-electron chi connectivity index (χ0n) is 14.9. The highest BCUT2D eigenvalue weighted by molar-refractivity contribution is 6.10. The van der Waals surface area contributed by atoms with E-state index in [4.69, 9.17) is 0 Å². The van der Waals surface area contributed by atoms with Gasteiger partial charge in [0.05, 0.1) is 6.04 Å². The second-order valence-electron chi connectivity index (χ2n) is 6.52. The summed E-state index contributed by atoms with van der Waals surface area (Å²) < 4.78 is 0. The highest BCUT2D eigenvalue weighted by Gasteiger charge is 2.23. The number of hydrogen-bond acceptors (Lipinski definition) is 3. The molecule has 0 amide bonds. The zero-order chi connectivity index (χ0) is 18.5. The Bertz CT molecular complexity index is 1030. The van der Waals surface area contributed by atoms with Crippen molar-refractivity contribution in [3.63, 3.8) is 0 Å². The monoisotopic (exact) mass is 355 g/mol. The Morgan fingerprint density at radius 2 is 1.70 bits per heavy atom. The van der Waals surface area contributed by atoms with Crippen LogP contribution in [0, 0.1) is 0 Å². The number of para-hydroxylation sites is 1. The van der Waals surface area contributed by atoms with Crippen LogP contribution in [0.2, 0.25) is 0 Å². The van der Waals surface area contributed by atoms with Crippen LogP contribution in [-0.4, -0.2) is 22.3 Å². The fraction of sp³-hybridized carbons (Fsp3) is 0.130. The summed E-state index contributed by atoms with van der Waals surface area (Å²) in [6.07, 6.45) is 6.24. The number of H-pyrrole nitrogens is 1. The van der Waals surface area contributed by atoms with Gasteiger partial charge in [-0.25, -0.2) is 0 Å². The number of nitrogens with one attached hydrogen (secondary N) is 2. The number of pyridine rings is 1. The third kappa shape index (κ3) is 3.81. The van der Waals surface area contributed by atoms with E-state index in [9.17, 15) is 4.79 Å². The quantitative estimate of drug-likeness (QED) is 0.486. The first-order valence-electron chi connectivity index (χ1n) is 9.10. The fourth-order valence-electron chi connectivity index (χ4n) is 3.35. The molecule has 0 bridgehead atoms. The van der Waals surface area contributed by atoms with Crippen molar-refractivity contribution >= 4 is 16.7 Å². The molecule has 0 aliphatic heterocycles. The molecule has 4 rings (SSSR count). The Hall–Kier alpha value is -3.24. The number of carbonyl (C=O) groups is 1. The third-order valence-corrected chi connectivity index (χ3v) is 4.76. The van der Waals surface area contributed by atoms with Crippen molar-refractivity contribution in [1.82, 2.24) is 15.3 Å². The van der Waals surface area contributed by atoms with Crippen LogP contribution in [0.5, 0.6) is 0 Å². The van der Waals surface area contributed by atoms with E-state index in [0.29, 0.717) is 6.54 Å². The first-order valence-corrected chi connectivity index (χ1v) is 9.10. The Morgan fingerprint density at radius 3 is 2.52 bits per heavy atom. The summed E-state index contributed by atoms with van der Waals surface area (Å²) in [7, 11) is 0. The minimum atomic E-state index is -0.382. The van der Waals surface area contributed by atoms with Crippen LogP contribution in [0.15, 0.2) is 85.3 Å². The SMILES string of the molecule is O=C(c1c[nH]c2ccccc12)[C@@H](NCCc1ccncc1)c1ccccc1. The van der Waals surface area contributed by atoms with E-state index in [1.165, 1.54) is 5.56 Å². The van der Waals surface area contributed by atoms with E-state index in [1.54, 1.807) is 12.4 Å². The van der Waals surface area contributed by atoms with E-state index < -0.39 is 0 Å². The summed E-state index contributed by atoms with van der Waals surface area (Å²) >= 11 is 0. The van der Waals surface area contributed by atoms with Crippen molar-refractivity contribution in [2.24, 2.45) is 0 Å². The topological polar surface area (TPSA) is 57.8 Å². The van der Waals surface area contributed by atoms with Crippen LogP contribution in [0.25, 0.3) is 10.9 Å². The van der Waals surface area contributed by atoms with Gasteiger partial charge in [0, 0.05) is 41.6 Å². The predicted octanol–water partition coefficient (Wildman–Crippen LogP) is 4.32. The minimum absolute atomic E-state index is 0.0772. The number of ketones is 1. The van der Waals surface area contributed by atoms with Gasteiger partial charge in [-0.2, -0.15) is 0 Å². The van der Waals surface area contributed by atoms with Crippen molar-refractivity contribution in [2.75, 3.05) is 6.54 Å². The average molecular weight is 355 g/mol. The van der Waals surface area contributed by atoms with Crippen LogP contribution in [0.3, 0.4) is 0 Å². The Morgan fingerprint density at radius 1 is 0.963 bits per heavy atom. The molecule has 0 aliphatic carbocycles. The van der Waals surface area contributed by atoms with Gasteiger partial charge in [0.15, 0.2) is 5.78 Å². The number of carbonyl (C=O) groups excluding carboxylic acids is 1. The van der Waals surface area contributed by atoms with Crippen LogP contribution >= 0.6 is 0 Å². The molecule has 0 saturated heterocycles. The molecule has 4 nitrogen and oxygen atoms in total. The summed E-state index contributed by atoms with van der Waals surface area (Å²) in [4.78, 5) is 20.6. The summed E-state index contributed by atoms with van der Waals surface area (Å²) in [6.45, 7) is 0.706. The van der Waals surface area contributed by atoms with Gasteiger partial charge in [-0.3, -0.25) is 9.78 Å². The lowest BCUT2D eigenvalue weighted by atomic mass is 9.96. The van der Waals surface area contributed by atoms with Gasteiger partial charge in [0.1, 0.15) is 0 Å². The van der Waals surface area contributed by atoms with Crippen molar-refractivity contribution in [1.29, 1.82) is 0 Å². The lowest BCUT2D eigenvalue weighted by molar-refractivity contribution is 0.0945. The van der Waals surface area contributed by atoms with E-state index in [-0.39, 0.29) is 11.8 Å². The summed E-state index contributed by atoms with van der Waals surface area (Å²) in [5.41, 5.74) is 3.87. The molecule has 4 aromatic rings. The van der Waals surface area contributed by atoms with Gasteiger partial charge in [0.2, 0.25) is 0 Å². The smallest absolute Gasteiger partial charge is 0.186 e. The molecular weight excluding hydrogens is 334 g/mol. The van der Waals surface area contributed by atoms with Gasteiger partial charge in [-0.1, -0.05) is 48.5 Å². The molecular formula is C23H21N3O. The number of Topliss-reactive ketones (excluding diaryl/α,β-unsaturated/α-hetero) is 1. The number of nitrogens with zero attached hydrogens (tertiary/aromatic N) is 1. The zero-order valence-corrected chi connectivity index (χ0v) is 14.9. The first kappa shape index (κ1) is 17.2. The number of hydrogen-bond donors (Lipinski definition) is 2. The molecule has 27 heavy (non-hydrogen) atoms. The molecule has 0 unspecified atom stereocenters. The van der Waals surface area contributed by atoms with Crippen molar-refractivity contribution < 1.29 is 4.79 Å². The van der Waals surface area contributed by atoms with Crippen LogP contribution in [0.1, 0.15) is 27.5 Å². The number of benzene rings is 2. The number of rotatable bonds is 7. The number of aromatic nitrogens is 2. The van der Waals surface area contributed by atoms with E-state index >= 15 is 0 Å². The first-order chi connectivity index (χ1) is 13.3. The molecule has 0 spiro atoms. The molecule has 2 heterocycles. The van der Waals surface area contributed by atoms with E-state index in [2.05, 4.69) is 15.3 Å². The van der Waals surface area contributed by atoms with Crippen LogP contribution in [0.4, 0.5) is 0 Å². The van der Waals surface area contributed by atoms with Gasteiger partial charge in [-0.05, 0) is 35.7 Å². The Kier molecular flexibility index (Phi) is 5.08. The number of aromatic amines is 1. The predicted molar refractivity (Wildman–Crippen MR) is 108 cm³/mol. The Balaban J connectivity index is 1.59. The van der Waals surface area contributed by atoms with E-state index in [0.717, 1.165) is 28.5 Å². The van der Waals surface area contributed by atoms with Gasteiger partial charge < -0.3 is 10.3 Å². The lowest BCUT2D eigenvalue weighted by Gasteiger charge is -2.18. The number of fused-ring (bicyclic) bond motifs is 1. The molecule has 2 aromatic carbocycles. The second kappa shape index (κ2) is 7.98. The van der Waals surface area contributed by atoms with Crippen molar-refractivity contribution in [2.45, 2.75) is 12.5 Å². The maximum atomic E-state index is 13.4. The van der Waals surface area contributed by atoms with Gasteiger partial charge >= 0.3 is 0 Å². The lowest BCUT2D eigenvalue weighted by Crippen LogP contribution is -2.30. The second-order valence-corrected chi connectivity index (χ2v) is 6.52. The minimum Gasteiger partial charge on any atom is -0.360 e. The fourth-order valence-corrected chi connectivity index (χ4v) is 3.35. The highest BCUT2D eigenvalue weighted by atomic mass is 16.1. The molecule has 0 radical (unpaired) electrons. The van der Waals surface area contributed by atoms with Gasteiger partial charge in [-0.15, -0.1) is 0 Å². The summed E-state index contributed by atoms with van der Waals surface area (Å²) in [5, 5.41) is 4.41.